The lowest BCUT2D eigenvalue weighted by atomic mass is 10.1. The third kappa shape index (κ3) is 1.97. The maximum atomic E-state index is 11.7. The summed E-state index contributed by atoms with van der Waals surface area (Å²) in [6.07, 6.45) is 1.01. The minimum atomic E-state index is 0.241. The quantitative estimate of drug-likeness (QED) is 0.667. The molecule has 0 aromatic heterocycles. The van der Waals surface area contributed by atoms with Gasteiger partial charge < -0.3 is 10.2 Å². The van der Waals surface area contributed by atoms with Crippen LogP contribution in [-0.2, 0) is 4.79 Å². The summed E-state index contributed by atoms with van der Waals surface area (Å²) in [4.78, 5) is 13.6. The third-order valence-electron chi connectivity index (χ3n) is 2.48. The van der Waals surface area contributed by atoms with Crippen molar-refractivity contribution in [3.05, 3.63) is 0 Å². The van der Waals surface area contributed by atoms with E-state index in [9.17, 15) is 4.79 Å². The van der Waals surface area contributed by atoms with Gasteiger partial charge >= 0.3 is 0 Å². The molecule has 1 heterocycles. The van der Waals surface area contributed by atoms with E-state index >= 15 is 0 Å². The molecule has 12 heavy (non-hydrogen) atoms. The van der Waals surface area contributed by atoms with E-state index in [0.717, 1.165) is 32.6 Å². The molecular formula is C9H18N2O. The number of nitrogens with one attached hydrogen (secondary N) is 1. The van der Waals surface area contributed by atoms with Crippen LogP contribution >= 0.6 is 0 Å². The van der Waals surface area contributed by atoms with E-state index in [0.29, 0.717) is 5.91 Å². The number of carbonyl (C=O) groups excluding carboxylic acids is 1. The molecule has 3 nitrogen and oxygen atoms in total. The molecule has 1 N–H and O–H groups in total. The lowest BCUT2D eigenvalue weighted by Crippen LogP contribution is -2.36. The van der Waals surface area contributed by atoms with Crippen LogP contribution in [0.4, 0.5) is 0 Å². The number of amides is 1. The molecule has 1 amide bonds. The monoisotopic (exact) mass is 170 g/mol. The average Bonchev–Trinajstić information content (AvgIpc) is 2.58. The van der Waals surface area contributed by atoms with Crippen molar-refractivity contribution in [2.24, 2.45) is 5.92 Å². The first-order valence-corrected chi connectivity index (χ1v) is 4.79. The van der Waals surface area contributed by atoms with Gasteiger partial charge in [0.1, 0.15) is 0 Å². The highest BCUT2D eigenvalue weighted by Crippen LogP contribution is 2.11. The molecule has 0 aromatic rings. The molecule has 1 fully saturated rings. The van der Waals surface area contributed by atoms with Crippen molar-refractivity contribution in [1.29, 1.82) is 0 Å². The summed E-state index contributed by atoms with van der Waals surface area (Å²) in [6.45, 7) is 7.61. The van der Waals surface area contributed by atoms with Crippen molar-refractivity contribution >= 4 is 5.91 Å². The van der Waals surface area contributed by atoms with E-state index in [2.05, 4.69) is 5.32 Å². The van der Waals surface area contributed by atoms with Gasteiger partial charge in [-0.05, 0) is 26.8 Å². The molecule has 1 saturated heterocycles. The minimum Gasteiger partial charge on any atom is -0.343 e. The van der Waals surface area contributed by atoms with Gasteiger partial charge in [-0.2, -0.15) is 0 Å². The zero-order chi connectivity index (χ0) is 8.97. The van der Waals surface area contributed by atoms with Crippen LogP contribution in [0.15, 0.2) is 0 Å². The fourth-order valence-electron chi connectivity index (χ4n) is 1.66. The van der Waals surface area contributed by atoms with Crippen molar-refractivity contribution in [2.75, 3.05) is 26.2 Å². The van der Waals surface area contributed by atoms with Gasteiger partial charge in [0.25, 0.3) is 0 Å². The van der Waals surface area contributed by atoms with Crippen LogP contribution in [0.2, 0.25) is 0 Å². The third-order valence-corrected chi connectivity index (χ3v) is 2.48. The Morgan fingerprint density at radius 1 is 1.50 bits per heavy atom. The van der Waals surface area contributed by atoms with Crippen molar-refractivity contribution in [2.45, 2.75) is 20.3 Å². The Balaban J connectivity index is 2.43. The molecule has 3 heteroatoms. The molecule has 1 aliphatic heterocycles. The molecule has 0 saturated carbocycles. The van der Waals surface area contributed by atoms with Crippen molar-refractivity contribution in [3.63, 3.8) is 0 Å². The number of hydrogen-bond donors (Lipinski definition) is 1. The van der Waals surface area contributed by atoms with Gasteiger partial charge in [0.15, 0.2) is 0 Å². The molecule has 0 aromatic carbocycles. The van der Waals surface area contributed by atoms with E-state index < -0.39 is 0 Å². The van der Waals surface area contributed by atoms with Crippen molar-refractivity contribution in [1.82, 2.24) is 10.2 Å². The lowest BCUT2D eigenvalue weighted by molar-refractivity contribution is -0.134. The van der Waals surface area contributed by atoms with Gasteiger partial charge in [-0.15, -0.1) is 0 Å². The fraction of sp³-hybridized carbons (Fsp3) is 0.889. The Kier molecular flexibility index (Phi) is 3.53. The normalized spacial score (nSPS) is 22.7. The van der Waals surface area contributed by atoms with E-state index in [1.165, 1.54) is 0 Å². The molecule has 0 aliphatic carbocycles. The topological polar surface area (TPSA) is 32.3 Å². The second-order valence-corrected chi connectivity index (χ2v) is 3.20. The van der Waals surface area contributed by atoms with Crippen molar-refractivity contribution in [3.8, 4) is 0 Å². The molecule has 70 valence electrons. The van der Waals surface area contributed by atoms with Crippen LogP contribution in [0.25, 0.3) is 0 Å². The zero-order valence-electron chi connectivity index (χ0n) is 7.97. The molecule has 0 radical (unpaired) electrons. The molecule has 1 atom stereocenters. The largest absolute Gasteiger partial charge is 0.343 e. The standard InChI is InChI=1S/C9H18N2O/c1-3-11(4-2)9(12)8-5-6-10-7-8/h8,10H,3-7H2,1-2H3/t8-/m1/s1. The van der Waals surface area contributed by atoms with Crippen LogP contribution in [0, 0.1) is 5.92 Å². The number of carbonyl (C=O) groups is 1. The first-order valence-electron chi connectivity index (χ1n) is 4.79. The van der Waals surface area contributed by atoms with E-state index in [4.69, 9.17) is 0 Å². The van der Waals surface area contributed by atoms with Crippen molar-refractivity contribution < 1.29 is 4.79 Å². The van der Waals surface area contributed by atoms with Gasteiger partial charge in [-0.25, -0.2) is 0 Å². The number of rotatable bonds is 3. The molecule has 0 bridgehead atoms. The first-order chi connectivity index (χ1) is 5.79. The van der Waals surface area contributed by atoms with Crippen LogP contribution in [0.3, 0.4) is 0 Å². The average molecular weight is 170 g/mol. The highest BCUT2D eigenvalue weighted by molar-refractivity contribution is 5.79. The summed E-state index contributed by atoms with van der Waals surface area (Å²) in [6, 6.07) is 0. The zero-order valence-corrected chi connectivity index (χ0v) is 7.97. The van der Waals surface area contributed by atoms with Crippen LogP contribution in [0.5, 0.6) is 0 Å². The Hall–Kier alpha value is -0.570. The maximum Gasteiger partial charge on any atom is 0.226 e. The number of hydrogen-bond acceptors (Lipinski definition) is 2. The summed E-state index contributed by atoms with van der Waals surface area (Å²) in [5.41, 5.74) is 0. The van der Waals surface area contributed by atoms with Crippen LogP contribution in [-0.4, -0.2) is 37.0 Å². The molecule has 0 spiro atoms. The van der Waals surface area contributed by atoms with E-state index in [1.54, 1.807) is 0 Å². The predicted octanol–water partition coefficient (Wildman–Crippen LogP) is 0.464. The summed E-state index contributed by atoms with van der Waals surface area (Å²) in [5.74, 6) is 0.565. The first kappa shape index (κ1) is 9.52. The lowest BCUT2D eigenvalue weighted by Gasteiger charge is -2.21. The van der Waals surface area contributed by atoms with Crippen LogP contribution in [0.1, 0.15) is 20.3 Å². The van der Waals surface area contributed by atoms with Gasteiger partial charge in [0, 0.05) is 19.6 Å². The van der Waals surface area contributed by atoms with E-state index in [1.807, 2.05) is 18.7 Å². The minimum absolute atomic E-state index is 0.241. The highest BCUT2D eigenvalue weighted by atomic mass is 16.2. The maximum absolute atomic E-state index is 11.7. The smallest absolute Gasteiger partial charge is 0.226 e. The SMILES string of the molecule is CCN(CC)C(=O)[C@@H]1CCNC1. The molecule has 1 rings (SSSR count). The van der Waals surface area contributed by atoms with Crippen LogP contribution < -0.4 is 5.32 Å². The second kappa shape index (κ2) is 4.45. The Morgan fingerprint density at radius 2 is 2.17 bits per heavy atom. The Morgan fingerprint density at radius 3 is 2.58 bits per heavy atom. The van der Waals surface area contributed by atoms with E-state index in [-0.39, 0.29) is 5.92 Å². The van der Waals surface area contributed by atoms with Gasteiger partial charge in [-0.3, -0.25) is 4.79 Å². The summed E-state index contributed by atoms with van der Waals surface area (Å²) in [5, 5.41) is 3.21. The second-order valence-electron chi connectivity index (χ2n) is 3.20. The predicted molar refractivity (Wildman–Crippen MR) is 48.9 cm³/mol. The molecule has 1 aliphatic rings. The summed E-state index contributed by atoms with van der Waals surface area (Å²) in [7, 11) is 0. The fourth-order valence-corrected chi connectivity index (χ4v) is 1.66. The molecular weight excluding hydrogens is 152 g/mol. The highest BCUT2D eigenvalue weighted by Gasteiger charge is 2.25. The van der Waals surface area contributed by atoms with Gasteiger partial charge in [0.2, 0.25) is 5.91 Å². The number of nitrogens with zero attached hydrogens (tertiary/aromatic N) is 1. The Bertz CT molecular complexity index is 145. The van der Waals surface area contributed by atoms with Gasteiger partial charge in [-0.1, -0.05) is 0 Å². The molecule has 0 unspecified atom stereocenters. The summed E-state index contributed by atoms with van der Waals surface area (Å²) >= 11 is 0. The Labute approximate surface area is 74.1 Å². The summed E-state index contributed by atoms with van der Waals surface area (Å²) < 4.78 is 0. The van der Waals surface area contributed by atoms with Gasteiger partial charge in [0.05, 0.1) is 5.92 Å².